The first-order valence-electron chi connectivity index (χ1n) is 8.00. The van der Waals surface area contributed by atoms with E-state index in [1.165, 1.54) is 30.7 Å². The quantitative estimate of drug-likeness (QED) is 0.661. The fourth-order valence-corrected chi connectivity index (χ4v) is 3.63. The van der Waals surface area contributed by atoms with Crippen LogP contribution in [0.5, 0.6) is 0 Å². The lowest BCUT2D eigenvalue weighted by Crippen LogP contribution is -2.44. The average molecular weight is 308 g/mol. The molecule has 0 saturated heterocycles. The Balaban J connectivity index is 1.82. The minimum Gasteiger partial charge on any atom is -0.354 e. The number of aliphatic imine (C=N–C) groups is 1. The van der Waals surface area contributed by atoms with Gasteiger partial charge in [-0.3, -0.25) is 4.99 Å². The van der Waals surface area contributed by atoms with Crippen LogP contribution in [-0.4, -0.2) is 24.0 Å². The molecule has 0 aromatic carbocycles. The molecule has 2 atom stereocenters. The maximum Gasteiger partial charge on any atom is 0.191 e. The maximum absolute atomic E-state index is 4.65. The Labute approximate surface area is 132 Å². The van der Waals surface area contributed by atoms with E-state index in [2.05, 4.69) is 46.8 Å². The van der Waals surface area contributed by atoms with Gasteiger partial charge >= 0.3 is 0 Å². The third-order valence-electron chi connectivity index (χ3n) is 4.00. The number of hydrogen-bond donors (Lipinski definition) is 2. The summed E-state index contributed by atoms with van der Waals surface area (Å²) in [6.07, 6.45) is 5.18. The molecule has 1 fully saturated rings. The predicted molar refractivity (Wildman–Crippen MR) is 91.0 cm³/mol. The van der Waals surface area contributed by atoms with Crippen molar-refractivity contribution in [2.45, 2.75) is 65.0 Å². The van der Waals surface area contributed by atoms with Crippen molar-refractivity contribution >= 4 is 17.3 Å². The van der Waals surface area contributed by atoms with E-state index in [4.69, 9.17) is 0 Å². The Morgan fingerprint density at radius 2 is 2.29 bits per heavy atom. The van der Waals surface area contributed by atoms with Crippen molar-refractivity contribution in [2.24, 2.45) is 10.9 Å². The van der Waals surface area contributed by atoms with E-state index in [9.17, 15) is 0 Å². The first-order chi connectivity index (χ1) is 10.1. The van der Waals surface area contributed by atoms with Crippen LogP contribution in [-0.2, 0) is 6.54 Å². The van der Waals surface area contributed by atoms with Gasteiger partial charge in [-0.05, 0) is 18.8 Å². The van der Waals surface area contributed by atoms with Crippen LogP contribution in [0, 0.1) is 5.92 Å². The molecular formula is C16H28N4S. The van der Waals surface area contributed by atoms with Gasteiger partial charge in [-0.25, -0.2) is 4.98 Å². The smallest absolute Gasteiger partial charge is 0.191 e. The highest BCUT2D eigenvalue weighted by Crippen LogP contribution is 2.23. The summed E-state index contributed by atoms with van der Waals surface area (Å²) in [5.74, 6) is 2.22. The van der Waals surface area contributed by atoms with Gasteiger partial charge in [0.2, 0.25) is 0 Å². The van der Waals surface area contributed by atoms with Crippen molar-refractivity contribution in [1.29, 1.82) is 0 Å². The van der Waals surface area contributed by atoms with Gasteiger partial charge in [0, 0.05) is 24.4 Å². The number of nitrogens with zero attached hydrogens (tertiary/aromatic N) is 2. The Morgan fingerprint density at radius 1 is 1.48 bits per heavy atom. The zero-order valence-electron chi connectivity index (χ0n) is 13.6. The monoisotopic (exact) mass is 308 g/mol. The van der Waals surface area contributed by atoms with Crippen LogP contribution in [0.4, 0.5) is 0 Å². The van der Waals surface area contributed by atoms with E-state index in [0.29, 0.717) is 12.0 Å². The topological polar surface area (TPSA) is 49.3 Å². The van der Waals surface area contributed by atoms with Crippen LogP contribution >= 0.6 is 11.3 Å². The second-order valence-electron chi connectivity index (χ2n) is 6.37. The fourth-order valence-electron chi connectivity index (χ4n) is 2.80. The molecule has 5 heteroatoms. The van der Waals surface area contributed by atoms with Crippen molar-refractivity contribution in [2.75, 3.05) is 7.05 Å². The van der Waals surface area contributed by atoms with E-state index in [1.807, 2.05) is 7.05 Å². The van der Waals surface area contributed by atoms with Crippen LogP contribution in [0.15, 0.2) is 10.4 Å². The highest BCUT2D eigenvalue weighted by molar-refractivity contribution is 7.09. The van der Waals surface area contributed by atoms with Gasteiger partial charge < -0.3 is 10.6 Å². The molecule has 1 saturated carbocycles. The first kappa shape index (κ1) is 16.3. The molecule has 2 unspecified atom stereocenters. The van der Waals surface area contributed by atoms with Gasteiger partial charge in [-0.15, -0.1) is 11.3 Å². The number of hydrogen-bond acceptors (Lipinski definition) is 3. The third kappa shape index (κ3) is 4.99. The van der Waals surface area contributed by atoms with Crippen molar-refractivity contribution in [3.8, 4) is 0 Å². The van der Waals surface area contributed by atoms with Gasteiger partial charge in [-0.2, -0.15) is 0 Å². The average Bonchev–Trinajstić information content (AvgIpc) is 2.92. The molecule has 1 aromatic heterocycles. The van der Waals surface area contributed by atoms with Crippen molar-refractivity contribution in [1.82, 2.24) is 15.6 Å². The fraction of sp³-hybridized carbons (Fsp3) is 0.750. The molecule has 1 aliphatic rings. The van der Waals surface area contributed by atoms with E-state index in [-0.39, 0.29) is 0 Å². The molecule has 0 bridgehead atoms. The zero-order valence-corrected chi connectivity index (χ0v) is 14.5. The third-order valence-corrected chi connectivity index (χ3v) is 5.20. The highest BCUT2D eigenvalue weighted by atomic mass is 32.1. The first-order valence-corrected chi connectivity index (χ1v) is 8.88. The molecule has 0 aliphatic heterocycles. The maximum atomic E-state index is 4.65. The highest BCUT2D eigenvalue weighted by Gasteiger charge is 2.19. The molecule has 1 aromatic rings. The van der Waals surface area contributed by atoms with Gasteiger partial charge in [-0.1, -0.05) is 33.6 Å². The molecule has 118 valence electrons. The number of rotatable bonds is 4. The second-order valence-corrected chi connectivity index (χ2v) is 7.26. The molecule has 2 rings (SSSR count). The molecule has 0 amide bonds. The van der Waals surface area contributed by atoms with E-state index < -0.39 is 0 Å². The van der Waals surface area contributed by atoms with Gasteiger partial charge in [0.1, 0.15) is 0 Å². The summed E-state index contributed by atoms with van der Waals surface area (Å²) in [6, 6.07) is 0.557. The summed E-state index contributed by atoms with van der Waals surface area (Å²) in [4.78, 5) is 8.98. The van der Waals surface area contributed by atoms with Gasteiger partial charge in [0.15, 0.2) is 5.96 Å². The lowest BCUT2D eigenvalue weighted by atomic mass is 9.87. The lowest BCUT2D eigenvalue weighted by Gasteiger charge is -2.28. The summed E-state index contributed by atoms with van der Waals surface area (Å²) in [5, 5.41) is 10.3. The predicted octanol–water partition coefficient (Wildman–Crippen LogP) is 3.51. The van der Waals surface area contributed by atoms with Crippen LogP contribution in [0.3, 0.4) is 0 Å². The summed E-state index contributed by atoms with van der Waals surface area (Å²) in [5.41, 5.74) is 1.10. The van der Waals surface area contributed by atoms with Crippen LogP contribution in [0.1, 0.15) is 63.1 Å². The molecule has 4 nitrogen and oxygen atoms in total. The summed E-state index contributed by atoms with van der Waals surface area (Å²) < 4.78 is 0. The number of nitrogens with one attached hydrogen (secondary N) is 2. The molecule has 1 heterocycles. The number of aromatic nitrogens is 1. The summed E-state index contributed by atoms with van der Waals surface area (Å²) in [6.45, 7) is 7.44. The summed E-state index contributed by atoms with van der Waals surface area (Å²) >= 11 is 1.74. The van der Waals surface area contributed by atoms with Gasteiger partial charge in [0.25, 0.3) is 0 Å². The molecule has 1 aliphatic carbocycles. The van der Waals surface area contributed by atoms with Crippen LogP contribution in [0.25, 0.3) is 0 Å². The minimum absolute atomic E-state index is 0.505. The Morgan fingerprint density at radius 3 is 2.90 bits per heavy atom. The molecule has 2 N–H and O–H groups in total. The molecular weight excluding hydrogens is 280 g/mol. The van der Waals surface area contributed by atoms with Crippen molar-refractivity contribution in [3.63, 3.8) is 0 Å². The Bertz CT molecular complexity index is 467. The van der Waals surface area contributed by atoms with E-state index >= 15 is 0 Å². The van der Waals surface area contributed by atoms with Crippen molar-refractivity contribution < 1.29 is 0 Å². The molecule has 21 heavy (non-hydrogen) atoms. The van der Waals surface area contributed by atoms with E-state index in [1.54, 1.807) is 11.3 Å². The summed E-state index contributed by atoms with van der Waals surface area (Å²) in [7, 11) is 1.84. The van der Waals surface area contributed by atoms with E-state index in [0.717, 1.165) is 24.1 Å². The van der Waals surface area contributed by atoms with Crippen LogP contribution in [0.2, 0.25) is 0 Å². The van der Waals surface area contributed by atoms with Gasteiger partial charge in [0.05, 0.1) is 17.2 Å². The SMILES string of the molecule is CN=C(NCc1csc(C(C)C)n1)NC1CCCC(C)C1. The molecule has 0 spiro atoms. The Kier molecular flexibility index (Phi) is 6.03. The Hall–Kier alpha value is -1.10. The standard InChI is InChI=1S/C16H28N4S/c1-11(2)15-19-14(10-21-15)9-18-16(17-4)20-13-7-5-6-12(3)8-13/h10-13H,5-9H2,1-4H3,(H2,17,18,20). The zero-order chi connectivity index (χ0) is 15.2. The lowest BCUT2D eigenvalue weighted by molar-refractivity contribution is 0.324. The normalized spacial score (nSPS) is 23.4. The van der Waals surface area contributed by atoms with Crippen LogP contribution < -0.4 is 10.6 Å². The van der Waals surface area contributed by atoms with Crippen molar-refractivity contribution in [3.05, 3.63) is 16.1 Å². The largest absolute Gasteiger partial charge is 0.354 e. The molecule has 0 radical (unpaired) electrons. The number of thiazole rings is 1. The number of guanidine groups is 1. The minimum atomic E-state index is 0.505. The second kappa shape index (κ2) is 7.78.